The monoisotopic (exact) mass is 187 g/mol. The lowest BCUT2D eigenvalue weighted by Crippen LogP contribution is -2.08. The second-order valence-corrected chi connectivity index (χ2v) is 6.25. The number of anilines is 1. The fraction of sp³-hybridized carbons (Fsp3) is 0.250. The topological polar surface area (TPSA) is 43.1 Å². The molecule has 2 nitrogen and oxygen atoms in total. The zero-order chi connectivity index (χ0) is 9.35. The van der Waals surface area contributed by atoms with E-state index < -0.39 is 13.0 Å². The molecule has 0 aliphatic heterocycles. The summed E-state index contributed by atoms with van der Waals surface area (Å²) in [5, 5.41) is 0.261. The van der Waals surface area contributed by atoms with Crippen LogP contribution in [0.3, 0.4) is 0 Å². The van der Waals surface area contributed by atoms with Crippen molar-refractivity contribution in [2.75, 3.05) is 19.1 Å². The van der Waals surface area contributed by atoms with Crippen molar-refractivity contribution in [3.8, 4) is 0 Å². The van der Waals surface area contributed by atoms with Crippen LogP contribution in [0.25, 0.3) is 0 Å². The molecule has 0 aliphatic rings. The SMILES string of the molecule is CP(C)(=O)c1ccc(N)cc1F. The van der Waals surface area contributed by atoms with E-state index in [1.54, 1.807) is 6.07 Å². The van der Waals surface area contributed by atoms with Crippen molar-refractivity contribution in [2.24, 2.45) is 0 Å². The van der Waals surface area contributed by atoms with Crippen LogP contribution in [0.15, 0.2) is 18.2 Å². The Hall–Kier alpha value is -0.820. The Morgan fingerprint density at radius 1 is 1.42 bits per heavy atom. The molecule has 4 heteroatoms. The van der Waals surface area contributed by atoms with E-state index in [1.165, 1.54) is 25.5 Å². The van der Waals surface area contributed by atoms with E-state index in [1.807, 2.05) is 0 Å². The summed E-state index contributed by atoms with van der Waals surface area (Å²) in [5.41, 5.74) is 5.69. The summed E-state index contributed by atoms with van der Waals surface area (Å²) in [7, 11) is -2.51. The molecule has 0 bridgehead atoms. The highest BCUT2D eigenvalue weighted by Gasteiger charge is 2.15. The Kier molecular flexibility index (Phi) is 2.25. The van der Waals surface area contributed by atoms with Gasteiger partial charge in [0.15, 0.2) is 0 Å². The quantitative estimate of drug-likeness (QED) is 0.536. The van der Waals surface area contributed by atoms with Gasteiger partial charge < -0.3 is 10.3 Å². The summed E-state index contributed by atoms with van der Waals surface area (Å²) < 4.78 is 24.6. The summed E-state index contributed by atoms with van der Waals surface area (Å²) in [6, 6.07) is 4.22. The average molecular weight is 187 g/mol. The first-order chi connectivity index (χ1) is 5.41. The van der Waals surface area contributed by atoms with Crippen LogP contribution >= 0.6 is 7.14 Å². The summed E-state index contributed by atoms with van der Waals surface area (Å²) in [6.07, 6.45) is 0. The fourth-order valence-electron chi connectivity index (χ4n) is 0.960. The summed E-state index contributed by atoms with van der Waals surface area (Å²) in [4.78, 5) is 0. The van der Waals surface area contributed by atoms with Crippen LogP contribution in [0.2, 0.25) is 0 Å². The van der Waals surface area contributed by atoms with Gasteiger partial charge in [0, 0.05) is 11.0 Å². The standard InChI is InChI=1S/C8H11FNOP/c1-12(2,11)8-4-3-6(10)5-7(8)9/h3-5H,10H2,1-2H3. The van der Waals surface area contributed by atoms with E-state index in [0.29, 0.717) is 5.69 Å². The minimum atomic E-state index is -2.51. The van der Waals surface area contributed by atoms with Gasteiger partial charge in [-0.2, -0.15) is 0 Å². The van der Waals surface area contributed by atoms with Gasteiger partial charge in [-0.1, -0.05) is 0 Å². The molecule has 1 rings (SSSR count). The van der Waals surface area contributed by atoms with E-state index in [4.69, 9.17) is 5.73 Å². The minimum Gasteiger partial charge on any atom is -0.399 e. The average Bonchev–Trinajstić information content (AvgIpc) is 1.83. The molecule has 0 aromatic heterocycles. The molecule has 0 radical (unpaired) electrons. The lowest BCUT2D eigenvalue weighted by molar-refractivity contribution is 0.585. The lowest BCUT2D eigenvalue weighted by Gasteiger charge is -2.07. The molecular weight excluding hydrogens is 176 g/mol. The zero-order valence-electron chi connectivity index (χ0n) is 7.04. The van der Waals surface area contributed by atoms with Crippen LogP contribution in [-0.4, -0.2) is 13.3 Å². The van der Waals surface area contributed by atoms with Crippen LogP contribution in [0.4, 0.5) is 10.1 Å². The van der Waals surface area contributed by atoms with E-state index in [0.717, 1.165) is 0 Å². The van der Waals surface area contributed by atoms with Crippen molar-refractivity contribution in [3.63, 3.8) is 0 Å². The maximum Gasteiger partial charge on any atom is 0.135 e. The molecule has 1 aromatic rings. The van der Waals surface area contributed by atoms with Crippen molar-refractivity contribution in [1.82, 2.24) is 0 Å². The molecule has 1 aromatic carbocycles. The van der Waals surface area contributed by atoms with Gasteiger partial charge in [-0.05, 0) is 31.5 Å². The first-order valence-electron chi connectivity index (χ1n) is 3.52. The molecular formula is C8H11FNOP. The molecule has 0 fully saturated rings. The maximum atomic E-state index is 13.1. The number of hydrogen-bond donors (Lipinski definition) is 1. The third-order valence-electron chi connectivity index (χ3n) is 1.55. The van der Waals surface area contributed by atoms with Gasteiger partial charge in [0.25, 0.3) is 0 Å². The van der Waals surface area contributed by atoms with Gasteiger partial charge in [0.2, 0.25) is 0 Å². The van der Waals surface area contributed by atoms with E-state index >= 15 is 0 Å². The molecule has 2 N–H and O–H groups in total. The molecule has 0 aliphatic carbocycles. The Labute approximate surface area is 71.0 Å². The van der Waals surface area contributed by atoms with E-state index in [9.17, 15) is 8.96 Å². The molecule has 0 spiro atoms. The van der Waals surface area contributed by atoms with E-state index in [2.05, 4.69) is 0 Å². The normalized spacial score (nSPS) is 11.6. The number of halogens is 1. The molecule has 0 amide bonds. The van der Waals surface area contributed by atoms with Crippen molar-refractivity contribution in [1.29, 1.82) is 0 Å². The van der Waals surface area contributed by atoms with Crippen molar-refractivity contribution >= 4 is 18.1 Å². The second kappa shape index (κ2) is 2.91. The molecule has 0 heterocycles. The lowest BCUT2D eigenvalue weighted by atomic mass is 10.3. The second-order valence-electron chi connectivity index (χ2n) is 3.06. The summed E-state index contributed by atoms with van der Waals surface area (Å²) in [6.45, 7) is 3.06. The highest BCUT2D eigenvalue weighted by molar-refractivity contribution is 7.70. The smallest absolute Gasteiger partial charge is 0.135 e. The Morgan fingerprint density at radius 3 is 2.42 bits per heavy atom. The molecule has 0 atom stereocenters. The zero-order valence-corrected chi connectivity index (χ0v) is 7.94. The largest absolute Gasteiger partial charge is 0.399 e. The van der Waals surface area contributed by atoms with Gasteiger partial charge in [0.1, 0.15) is 13.0 Å². The number of rotatable bonds is 1. The maximum absolute atomic E-state index is 13.1. The fourth-order valence-corrected chi connectivity index (χ4v) is 1.97. The Balaban J connectivity index is 3.28. The first kappa shape index (κ1) is 9.27. The number of benzene rings is 1. The Morgan fingerprint density at radius 2 is 2.00 bits per heavy atom. The third-order valence-corrected chi connectivity index (χ3v) is 3.07. The summed E-state index contributed by atoms with van der Waals surface area (Å²) >= 11 is 0. The van der Waals surface area contributed by atoms with Gasteiger partial charge in [-0.25, -0.2) is 4.39 Å². The van der Waals surface area contributed by atoms with Crippen LogP contribution in [0.1, 0.15) is 0 Å². The molecule has 0 saturated heterocycles. The van der Waals surface area contributed by atoms with Gasteiger partial charge in [-0.3, -0.25) is 0 Å². The van der Waals surface area contributed by atoms with Crippen molar-refractivity contribution in [3.05, 3.63) is 24.0 Å². The summed E-state index contributed by atoms with van der Waals surface area (Å²) in [5.74, 6) is -0.483. The van der Waals surface area contributed by atoms with Crippen LogP contribution in [0, 0.1) is 5.82 Å². The predicted octanol–water partition coefficient (Wildman–Crippen LogP) is 1.66. The first-order valence-corrected chi connectivity index (χ1v) is 6.12. The van der Waals surface area contributed by atoms with E-state index in [-0.39, 0.29) is 5.30 Å². The van der Waals surface area contributed by atoms with Crippen LogP contribution in [0.5, 0.6) is 0 Å². The van der Waals surface area contributed by atoms with Crippen LogP contribution < -0.4 is 11.0 Å². The van der Waals surface area contributed by atoms with Gasteiger partial charge >= 0.3 is 0 Å². The van der Waals surface area contributed by atoms with Crippen molar-refractivity contribution in [2.45, 2.75) is 0 Å². The molecule has 0 unspecified atom stereocenters. The minimum absolute atomic E-state index is 0.261. The number of hydrogen-bond acceptors (Lipinski definition) is 2. The number of nitrogens with two attached hydrogens (primary N) is 1. The van der Waals surface area contributed by atoms with Gasteiger partial charge in [0.05, 0.1) is 0 Å². The molecule has 0 saturated carbocycles. The molecule has 66 valence electrons. The van der Waals surface area contributed by atoms with Crippen LogP contribution in [-0.2, 0) is 4.57 Å². The van der Waals surface area contributed by atoms with Gasteiger partial charge in [-0.15, -0.1) is 0 Å². The molecule has 12 heavy (non-hydrogen) atoms. The predicted molar refractivity (Wildman–Crippen MR) is 49.9 cm³/mol. The number of nitrogen functional groups attached to an aromatic ring is 1. The third kappa shape index (κ3) is 1.86. The highest BCUT2D eigenvalue weighted by Crippen LogP contribution is 2.35. The highest BCUT2D eigenvalue weighted by atomic mass is 31.2. The van der Waals surface area contributed by atoms with Crippen molar-refractivity contribution < 1.29 is 8.96 Å². The Bertz CT molecular complexity index is 345.